The van der Waals surface area contributed by atoms with Crippen LogP contribution in [-0.2, 0) is 19.8 Å². The molecule has 4 rings (SSSR count). The SMILES string of the molecule is CC(NC(=O)[C@H]1CCCN1C(=O)[C@H]1CCCN(S(=O)(=O)N2CC(C#N)C2)C1)c1ccc(C(F)F)cc1. The number of carbonyl (C=O) groups is 2. The average Bonchev–Trinajstić information content (AvgIpc) is 3.33. The molecule has 3 aliphatic rings. The predicted octanol–water partition coefficient (Wildman–Crippen LogP) is 2.20. The van der Waals surface area contributed by atoms with Crippen molar-refractivity contribution in [2.24, 2.45) is 11.8 Å². The second-order valence-corrected chi connectivity index (χ2v) is 11.7. The van der Waals surface area contributed by atoms with E-state index in [1.54, 1.807) is 24.0 Å². The second-order valence-electron chi connectivity index (χ2n) is 9.74. The lowest BCUT2D eigenvalue weighted by Gasteiger charge is -2.41. The van der Waals surface area contributed by atoms with Gasteiger partial charge in [-0.2, -0.15) is 22.3 Å². The van der Waals surface area contributed by atoms with Crippen LogP contribution in [0.15, 0.2) is 24.3 Å². The van der Waals surface area contributed by atoms with E-state index >= 15 is 0 Å². The molecule has 3 atom stereocenters. The number of nitriles is 1. The minimum absolute atomic E-state index is 0.0621. The highest BCUT2D eigenvalue weighted by Crippen LogP contribution is 2.29. The number of benzene rings is 1. The number of nitrogens with one attached hydrogen (secondary N) is 1. The first-order valence-electron chi connectivity index (χ1n) is 12.3. The zero-order valence-corrected chi connectivity index (χ0v) is 21.0. The van der Waals surface area contributed by atoms with Crippen LogP contribution in [0.1, 0.15) is 56.2 Å². The van der Waals surface area contributed by atoms with Crippen molar-refractivity contribution < 1.29 is 26.8 Å². The molecule has 0 saturated carbocycles. The van der Waals surface area contributed by atoms with Crippen LogP contribution in [0.5, 0.6) is 0 Å². The summed E-state index contributed by atoms with van der Waals surface area (Å²) >= 11 is 0. The van der Waals surface area contributed by atoms with E-state index < -0.39 is 34.6 Å². The molecule has 12 heteroatoms. The molecule has 36 heavy (non-hydrogen) atoms. The second kappa shape index (κ2) is 10.8. The zero-order chi connectivity index (χ0) is 26.0. The molecule has 196 valence electrons. The minimum atomic E-state index is -3.72. The molecule has 3 heterocycles. The van der Waals surface area contributed by atoms with E-state index in [0.29, 0.717) is 44.3 Å². The standard InChI is InChI=1S/C24H31F2N5O4S/c1-16(18-6-8-19(9-7-18)22(25)26)28-23(32)21-5-3-11-31(21)24(33)20-4-2-10-29(15-20)36(34,35)30-13-17(12-27)14-30/h6-9,16-17,20-22H,2-5,10-11,13-15H2,1H3,(H,28,32)/t16?,20-,21+/m0/s1. The predicted molar refractivity (Wildman–Crippen MR) is 127 cm³/mol. The first kappa shape index (κ1) is 26.4. The molecular weight excluding hydrogens is 492 g/mol. The van der Waals surface area contributed by atoms with Crippen molar-refractivity contribution in [3.05, 3.63) is 35.4 Å². The van der Waals surface area contributed by atoms with Crippen LogP contribution >= 0.6 is 0 Å². The number of piperidine rings is 1. The third kappa shape index (κ3) is 5.38. The average molecular weight is 524 g/mol. The maximum Gasteiger partial charge on any atom is 0.282 e. The Balaban J connectivity index is 1.37. The lowest BCUT2D eigenvalue weighted by Crippen LogP contribution is -2.57. The van der Waals surface area contributed by atoms with E-state index in [0.717, 1.165) is 0 Å². The number of carbonyl (C=O) groups excluding carboxylic acids is 2. The summed E-state index contributed by atoms with van der Waals surface area (Å²) < 4.78 is 54.0. The number of alkyl halides is 2. The largest absolute Gasteiger partial charge is 0.348 e. The Labute approximate surface area is 210 Å². The molecule has 9 nitrogen and oxygen atoms in total. The molecule has 1 unspecified atom stereocenters. The van der Waals surface area contributed by atoms with Crippen LogP contribution < -0.4 is 5.32 Å². The topological polar surface area (TPSA) is 114 Å². The Morgan fingerprint density at radius 1 is 1.03 bits per heavy atom. The molecule has 1 N–H and O–H groups in total. The summed E-state index contributed by atoms with van der Waals surface area (Å²) in [4.78, 5) is 28.0. The molecule has 3 saturated heterocycles. The summed E-state index contributed by atoms with van der Waals surface area (Å²) in [5, 5.41) is 11.8. The maximum absolute atomic E-state index is 13.4. The van der Waals surface area contributed by atoms with Crippen LogP contribution in [0.2, 0.25) is 0 Å². The van der Waals surface area contributed by atoms with Gasteiger partial charge in [-0.3, -0.25) is 9.59 Å². The highest BCUT2D eigenvalue weighted by molar-refractivity contribution is 7.86. The van der Waals surface area contributed by atoms with Gasteiger partial charge >= 0.3 is 0 Å². The lowest BCUT2D eigenvalue weighted by molar-refractivity contribution is -0.142. The molecule has 0 radical (unpaired) electrons. The molecular formula is C24H31F2N5O4S. The third-order valence-corrected chi connectivity index (χ3v) is 9.24. The number of hydrogen-bond acceptors (Lipinski definition) is 5. The summed E-state index contributed by atoms with van der Waals surface area (Å²) in [5.41, 5.74) is 0.591. The normalized spacial score (nSPS) is 24.8. The summed E-state index contributed by atoms with van der Waals surface area (Å²) in [6, 6.07) is 6.75. The van der Waals surface area contributed by atoms with E-state index in [4.69, 9.17) is 5.26 Å². The van der Waals surface area contributed by atoms with Crippen molar-refractivity contribution in [2.45, 2.75) is 51.1 Å². The smallest absolute Gasteiger partial charge is 0.282 e. The monoisotopic (exact) mass is 523 g/mol. The van der Waals surface area contributed by atoms with Crippen molar-refractivity contribution in [2.75, 3.05) is 32.7 Å². The van der Waals surface area contributed by atoms with Gasteiger partial charge in [0, 0.05) is 38.3 Å². The minimum Gasteiger partial charge on any atom is -0.348 e. The van der Waals surface area contributed by atoms with E-state index in [1.165, 1.54) is 20.7 Å². The Morgan fingerprint density at radius 2 is 1.67 bits per heavy atom. The van der Waals surface area contributed by atoms with Gasteiger partial charge in [0.15, 0.2) is 0 Å². The van der Waals surface area contributed by atoms with Gasteiger partial charge in [0.1, 0.15) is 6.04 Å². The molecule has 3 fully saturated rings. The summed E-state index contributed by atoms with van der Waals surface area (Å²) in [5.74, 6) is -1.36. The van der Waals surface area contributed by atoms with Crippen LogP contribution in [0.25, 0.3) is 0 Å². The van der Waals surface area contributed by atoms with E-state index in [2.05, 4.69) is 11.4 Å². The van der Waals surface area contributed by atoms with Gasteiger partial charge in [-0.1, -0.05) is 24.3 Å². The van der Waals surface area contributed by atoms with Crippen molar-refractivity contribution in [1.29, 1.82) is 5.26 Å². The van der Waals surface area contributed by atoms with Gasteiger partial charge in [-0.25, -0.2) is 8.78 Å². The van der Waals surface area contributed by atoms with Gasteiger partial charge in [-0.15, -0.1) is 0 Å². The maximum atomic E-state index is 13.4. The zero-order valence-electron chi connectivity index (χ0n) is 20.1. The Kier molecular flexibility index (Phi) is 7.92. The fourth-order valence-electron chi connectivity index (χ4n) is 5.09. The van der Waals surface area contributed by atoms with Crippen molar-refractivity contribution in [3.8, 4) is 6.07 Å². The van der Waals surface area contributed by atoms with Crippen LogP contribution in [0, 0.1) is 23.2 Å². The van der Waals surface area contributed by atoms with Crippen LogP contribution in [0.4, 0.5) is 8.78 Å². The van der Waals surface area contributed by atoms with Gasteiger partial charge in [-0.05, 0) is 38.2 Å². The lowest BCUT2D eigenvalue weighted by atomic mass is 9.97. The first-order chi connectivity index (χ1) is 17.1. The van der Waals surface area contributed by atoms with E-state index in [-0.39, 0.29) is 42.9 Å². The van der Waals surface area contributed by atoms with Gasteiger partial charge in [0.25, 0.3) is 16.6 Å². The molecule has 3 aliphatic heterocycles. The molecule has 0 aliphatic carbocycles. The molecule has 0 aromatic heterocycles. The molecule has 0 spiro atoms. The molecule has 2 amide bonds. The molecule has 1 aromatic carbocycles. The fraction of sp³-hybridized carbons (Fsp3) is 0.625. The van der Waals surface area contributed by atoms with Crippen LogP contribution in [0.3, 0.4) is 0 Å². The van der Waals surface area contributed by atoms with E-state index in [9.17, 15) is 26.8 Å². The van der Waals surface area contributed by atoms with Crippen LogP contribution in [-0.4, -0.2) is 72.5 Å². The Hall–Kier alpha value is -2.62. The number of hydrogen-bond donors (Lipinski definition) is 1. The first-order valence-corrected chi connectivity index (χ1v) is 13.6. The Bertz CT molecular complexity index is 1120. The quantitative estimate of drug-likeness (QED) is 0.589. The highest BCUT2D eigenvalue weighted by Gasteiger charge is 2.44. The van der Waals surface area contributed by atoms with Crippen molar-refractivity contribution >= 4 is 22.0 Å². The summed E-state index contributed by atoms with van der Waals surface area (Å²) in [7, 11) is -3.72. The number of amides is 2. The summed E-state index contributed by atoms with van der Waals surface area (Å²) in [6.45, 7) is 2.91. The van der Waals surface area contributed by atoms with Crippen molar-refractivity contribution in [3.63, 3.8) is 0 Å². The van der Waals surface area contributed by atoms with Gasteiger partial charge in [0.05, 0.1) is 23.9 Å². The van der Waals surface area contributed by atoms with Crippen molar-refractivity contribution in [1.82, 2.24) is 18.8 Å². The summed E-state index contributed by atoms with van der Waals surface area (Å²) in [6.07, 6.45) is -0.301. The number of likely N-dealkylation sites (tertiary alicyclic amines) is 1. The molecule has 0 bridgehead atoms. The highest BCUT2D eigenvalue weighted by atomic mass is 32.2. The third-order valence-electron chi connectivity index (χ3n) is 7.30. The number of rotatable bonds is 7. The fourth-order valence-corrected chi connectivity index (χ4v) is 6.88. The number of nitrogens with zero attached hydrogens (tertiary/aromatic N) is 4. The Morgan fingerprint density at radius 3 is 2.31 bits per heavy atom. The van der Waals surface area contributed by atoms with E-state index in [1.807, 2.05) is 0 Å². The van der Waals surface area contributed by atoms with Gasteiger partial charge in [0.2, 0.25) is 11.8 Å². The van der Waals surface area contributed by atoms with Gasteiger partial charge < -0.3 is 10.2 Å². The number of halogens is 2. The molecule has 1 aromatic rings.